The van der Waals surface area contributed by atoms with Gasteiger partial charge in [0.1, 0.15) is 0 Å². The fourth-order valence-electron chi connectivity index (χ4n) is 11.1. The highest BCUT2D eigenvalue weighted by Crippen LogP contribution is 2.19. The molecule has 446 valence electrons. The highest BCUT2D eigenvalue weighted by molar-refractivity contribution is 5.76. The van der Waals surface area contributed by atoms with E-state index in [-0.39, 0.29) is 18.5 Å². The Labute approximate surface area is 469 Å². The number of rotatable bonds is 65. The Bertz CT molecular complexity index is 1130. The molecule has 0 radical (unpaired) electrons. The maximum atomic E-state index is 12.5. The summed E-state index contributed by atoms with van der Waals surface area (Å²) in [7, 11) is 0. The first-order chi connectivity index (χ1) is 37.0. The van der Waals surface area contributed by atoms with Crippen molar-refractivity contribution in [2.75, 3.05) is 13.2 Å². The second kappa shape index (κ2) is 65.1. The minimum Gasteiger partial charge on any atom is -0.466 e. The smallest absolute Gasteiger partial charge is 0.305 e. The molecule has 0 aromatic rings. The molecule has 0 saturated carbocycles. The zero-order valence-corrected chi connectivity index (χ0v) is 51.1. The predicted molar refractivity (Wildman–Crippen MR) is 329 cm³/mol. The number of nitrogens with one attached hydrogen (secondary N) is 1. The van der Waals surface area contributed by atoms with Gasteiger partial charge in [-0.15, -0.1) is 0 Å². The minimum absolute atomic E-state index is 0.0180. The number of hydrogen-bond donors (Lipinski definition) is 3. The zero-order valence-electron chi connectivity index (χ0n) is 51.1. The van der Waals surface area contributed by atoms with Crippen LogP contribution in [0.1, 0.15) is 393 Å². The molecule has 0 aliphatic heterocycles. The summed E-state index contributed by atoms with van der Waals surface area (Å²) in [4.78, 5) is 24.5. The Morgan fingerprint density at radius 3 is 0.947 bits per heavy atom. The van der Waals surface area contributed by atoms with Crippen molar-refractivity contribution in [1.29, 1.82) is 0 Å². The Morgan fingerprint density at radius 1 is 0.360 bits per heavy atom. The third-order valence-electron chi connectivity index (χ3n) is 16.3. The van der Waals surface area contributed by atoms with Crippen molar-refractivity contribution in [3.8, 4) is 0 Å². The van der Waals surface area contributed by atoms with E-state index in [1.165, 1.54) is 321 Å². The first-order valence-corrected chi connectivity index (χ1v) is 34.4. The molecule has 0 aliphatic carbocycles. The molecule has 0 aromatic carbocycles. The second-order valence-electron chi connectivity index (χ2n) is 23.9. The van der Waals surface area contributed by atoms with Gasteiger partial charge in [-0.3, -0.25) is 9.59 Å². The molecule has 6 heteroatoms. The number of hydrogen-bond acceptors (Lipinski definition) is 5. The Kier molecular flexibility index (Phi) is 63.9. The minimum atomic E-state index is -0.663. The largest absolute Gasteiger partial charge is 0.466 e. The molecule has 1 amide bonds. The van der Waals surface area contributed by atoms with Crippen molar-refractivity contribution >= 4 is 11.9 Å². The number of ether oxygens (including phenoxy) is 1. The Balaban J connectivity index is 3.36. The van der Waals surface area contributed by atoms with Crippen LogP contribution in [0, 0.1) is 0 Å². The van der Waals surface area contributed by atoms with Crippen LogP contribution < -0.4 is 5.32 Å². The van der Waals surface area contributed by atoms with Crippen LogP contribution in [0.5, 0.6) is 0 Å². The summed E-state index contributed by atoms with van der Waals surface area (Å²) >= 11 is 0. The van der Waals surface area contributed by atoms with Gasteiger partial charge in [-0.2, -0.15) is 0 Å². The van der Waals surface area contributed by atoms with E-state index in [2.05, 4.69) is 31.3 Å². The molecule has 2 unspecified atom stereocenters. The van der Waals surface area contributed by atoms with Gasteiger partial charge in [0.15, 0.2) is 0 Å². The van der Waals surface area contributed by atoms with Crippen LogP contribution in [0.15, 0.2) is 12.2 Å². The van der Waals surface area contributed by atoms with Crippen molar-refractivity contribution in [2.45, 2.75) is 405 Å². The van der Waals surface area contributed by atoms with Crippen LogP contribution in [0.3, 0.4) is 0 Å². The maximum Gasteiger partial charge on any atom is 0.305 e. The average molecular weight is 1060 g/mol. The molecule has 0 aromatic heterocycles. The fraction of sp³-hybridized carbons (Fsp3) is 0.942. The van der Waals surface area contributed by atoms with Gasteiger partial charge in [0, 0.05) is 12.8 Å². The van der Waals surface area contributed by atoms with E-state index >= 15 is 0 Å². The van der Waals surface area contributed by atoms with Gasteiger partial charge in [0.05, 0.1) is 25.4 Å². The molecule has 0 aliphatic rings. The summed E-state index contributed by atoms with van der Waals surface area (Å²) in [6.07, 6.45) is 79.7. The number of esters is 1. The van der Waals surface area contributed by atoms with Crippen molar-refractivity contribution < 1.29 is 24.5 Å². The molecule has 0 bridgehead atoms. The molecule has 0 spiro atoms. The molecule has 0 heterocycles. The summed E-state index contributed by atoms with van der Waals surface area (Å²) in [6, 6.07) is -0.540. The molecule has 0 rings (SSSR count). The normalized spacial score (nSPS) is 12.5. The predicted octanol–water partition coefficient (Wildman–Crippen LogP) is 22.0. The molecular formula is C69H135NO5. The van der Waals surface area contributed by atoms with Gasteiger partial charge in [0.25, 0.3) is 0 Å². The standard InChI is InChI=1S/C69H135NO5/c1-3-5-7-9-11-13-15-17-18-32-35-38-41-45-49-53-57-61-67(72)66(65-71)70-68(73)62-58-54-50-46-42-39-36-33-30-28-26-24-22-20-19-21-23-25-27-29-31-34-37-40-44-48-52-56-60-64-75-69(74)63-59-55-51-47-43-16-14-12-10-8-6-4-2/h19,21,66-67,71-72H,3-18,20,22-65H2,1-2H3,(H,70,73)/b21-19-. The van der Waals surface area contributed by atoms with Crippen molar-refractivity contribution in [3.63, 3.8) is 0 Å². The van der Waals surface area contributed by atoms with Crippen molar-refractivity contribution in [3.05, 3.63) is 12.2 Å². The number of aliphatic hydroxyl groups excluding tert-OH is 2. The van der Waals surface area contributed by atoms with Crippen LogP contribution >= 0.6 is 0 Å². The van der Waals surface area contributed by atoms with E-state index in [4.69, 9.17) is 4.74 Å². The lowest BCUT2D eigenvalue weighted by atomic mass is 10.0. The molecule has 75 heavy (non-hydrogen) atoms. The summed E-state index contributed by atoms with van der Waals surface area (Å²) < 4.78 is 5.48. The van der Waals surface area contributed by atoms with Gasteiger partial charge < -0.3 is 20.3 Å². The maximum absolute atomic E-state index is 12.5. The summed E-state index contributed by atoms with van der Waals surface area (Å²) in [5.74, 6) is -0.0123. The van der Waals surface area contributed by atoms with Crippen LogP contribution in [0.2, 0.25) is 0 Å². The number of carbonyl (C=O) groups is 2. The molecular weight excluding hydrogens is 923 g/mol. The molecule has 0 saturated heterocycles. The SMILES string of the molecule is CCCCCCCCCCCCCCCCCCCC(O)C(CO)NC(=O)CCCCCCCCCCCCCCC/C=C\CCCCCCCCCCCCCCOC(=O)CCCCCCCCCCCCCC. The van der Waals surface area contributed by atoms with E-state index in [0.29, 0.717) is 25.9 Å². The van der Waals surface area contributed by atoms with Crippen LogP contribution in [0.4, 0.5) is 0 Å². The summed E-state index contributed by atoms with van der Waals surface area (Å²) in [5, 5.41) is 23.4. The highest BCUT2D eigenvalue weighted by atomic mass is 16.5. The fourth-order valence-corrected chi connectivity index (χ4v) is 11.1. The van der Waals surface area contributed by atoms with Gasteiger partial charge in [0.2, 0.25) is 5.91 Å². The van der Waals surface area contributed by atoms with E-state index in [0.717, 1.165) is 38.5 Å². The summed E-state index contributed by atoms with van der Waals surface area (Å²) in [5.41, 5.74) is 0. The topological polar surface area (TPSA) is 95.9 Å². The van der Waals surface area contributed by atoms with E-state index in [1.54, 1.807) is 0 Å². The third-order valence-corrected chi connectivity index (χ3v) is 16.3. The summed E-state index contributed by atoms with van der Waals surface area (Å²) in [6.45, 7) is 4.99. The quantitative estimate of drug-likeness (QED) is 0.0320. The van der Waals surface area contributed by atoms with E-state index < -0.39 is 12.1 Å². The van der Waals surface area contributed by atoms with Crippen LogP contribution in [-0.2, 0) is 14.3 Å². The highest BCUT2D eigenvalue weighted by Gasteiger charge is 2.20. The molecule has 0 fully saturated rings. The van der Waals surface area contributed by atoms with Gasteiger partial charge in [-0.05, 0) is 51.4 Å². The van der Waals surface area contributed by atoms with E-state index in [9.17, 15) is 19.8 Å². The second-order valence-corrected chi connectivity index (χ2v) is 23.9. The van der Waals surface area contributed by atoms with Crippen LogP contribution in [0.25, 0.3) is 0 Å². The number of allylic oxidation sites excluding steroid dienone is 2. The Morgan fingerprint density at radius 2 is 0.627 bits per heavy atom. The molecule has 3 N–H and O–H groups in total. The zero-order chi connectivity index (χ0) is 54.3. The van der Waals surface area contributed by atoms with Crippen LogP contribution in [-0.4, -0.2) is 47.4 Å². The lowest BCUT2D eigenvalue weighted by Crippen LogP contribution is -2.45. The number of unbranched alkanes of at least 4 members (excludes halogenated alkanes) is 52. The Hall–Kier alpha value is -1.40. The number of aliphatic hydroxyl groups is 2. The third kappa shape index (κ3) is 61.7. The monoisotopic (exact) mass is 1060 g/mol. The molecule has 2 atom stereocenters. The van der Waals surface area contributed by atoms with Crippen molar-refractivity contribution in [2.24, 2.45) is 0 Å². The lowest BCUT2D eigenvalue weighted by Gasteiger charge is -2.22. The van der Waals surface area contributed by atoms with Gasteiger partial charge in [-0.1, -0.05) is 341 Å². The van der Waals surface area contributed by atoms with Gasteiger partial charge >= 0.3 is 5.97 Å². The first kappa shape index (κ1) is 73.6. The van der Waals surface area contributed by atoms with Crippen molar-refractivity contribution in [1.82, 2.24) is 5.32 Å². The first-order valence-electron chi connectivity index (χ1n) is 34.4. The number of amides is 1. The number of carbonyl (C=O) groups excluding carboxylic acids is 2. The average Bonchev–Trinajstić information content (AvgIpc) is 3.41. The van der Waals surface area contributed by atoms with E-state index in [1.807, 2.05) is 0 Å². The molecule has 6 nitrogen and oxygen atoms in total. The van der Waals surface area contributed by atoms with Gasteiger partial charge in [-0.25, -0.2) is 0 Å². The lowest BCUT2D eigenvalue weighted by molar-refractivity contribution is -0.143.